The monoisotopic (exact) mass is 217 g/mol. The number of rotatable bonds is 2. The maximum absolute atomic E-state index is 10.1. The topological polar surface area (TPSA) is 88.6 Å². The van der Waals surface area contributed by atoms with Crippen LogP contribution >= 0.6 is 0 Å². The minimum absolute atomic E-state index is 0.0199. The number of hydrogen-bond donors (Lipinski definition) is 1. The average molecular weight is 217 g/mol. The average Bonchev–Trinajstić information content (AvgIpc) is 2.68. The van der Waals surface area contributed by atoms with E-state index in [2.05, 4.69) is 15.2 Å². The summed E-state index contributed by atoms with van der Waals surface area (Å²) in [6, 6.07) is 4.34. The van der Waals surface area contributed by atoms with E-state index in [-0.39, 0.29) is 11.6 Å². The van der Waals surface area contributed by atoms with Gasteiger partial charge >= 0.3 is 0 Å². The number of carbonyl (C=O) groups excluding carboxylic acids is 1. The Hall–Kier alpha value is -2.46. The number of aromatic nitrogens is 2. The highest BCUT2D eigenvalue weighted by Gasteiger charge is 2.11. The quantitative estimate of drug-likeness (QED) is 0.611. The van der Waals surface area contributed by atoms with E-state index < -0.39 is 0 Å². The fourth-order valence-electron chi connectivity index (χ4n) is 1.22. The summed E-state index contributed by atoms with van der Waals surface area (Å²) in [5.74, 6) is 0.546. The van der Waals surface area contributed by atoms with Crippen LogP contribution in [-0.4, -0.2) is 21.4 Å². The molecule has 0 amide bonds. The molecular formula is C10H7N3O3. The third-order valence-corrected chi connectivity index (χ3v) is 1.91. The van der Waals surface area contributed by atoms with Gasteiger partial charge in [0.2, 0.25) is 12.0 Å². The highest BCUT2D eigenvalue weighted by molar-refractivity contribution is 5.68. The minimum Gasteiger partial charge on any atom is -0.507 e. The molecule has 0 saturated carbocycles. The van der Waals surface area contributed by atoms with Gasteiger partial charge in [-0.25, -0.2) is 4.79 Å². The molecule has 0 aliphatic carbocycles. The highest BCUT2D eigenvalue weighted by Crippen LogP contribution is 2.31. The van der Waals surface area contributed by atoms with Gasteiger partial charge in [0, 0.05) is 6.92 Å². The van der Waals surface area contributed by atoms with E-state index in [9.17, 15) is 9.90 Å². The number of aliphatic imine (C=N–C) groups is 1. The van der Waals surface area contributed by atoms with Crippen molar-refractivity contribution in [3.63, 3.8) is 0 Å². The molecule has 1 N–H and O–H groups in total. The van der Waals surface area contributed by atoms with E-state index in [4.69, 9.17) is 4.42 Å². The van der Waals surface area contributed by atoms with Crippen molar-refractivity contribution in [2.45, 2.75) is 6.92 Å². The number of isocyanates is 1. The molecule has 0 spiro atoms. The van der Waals surface area contributed by atoms with Crippen molar-refractivity contribution < 1.29 is 14.3 Å². The molecule has 0 bridgehead atoms. The van der Waals surface area contributed by atoms with E-state index in [0.717, 1.165) is 0 Å². The zero-order valence-corrected chi connectivity index (χ0v) is 8.34. The lowest BCUT2D eigenvalue weighted by Gasteiger charge is -1.99. The molecule has 1 aromatic heterocycles. The number of hydrogen-bond acceptors (Lipinski definition) is 6. The normalized spacial score (nSPS) is 9.81. The zero-order valence-electron chi connectivity index (χ0n) is 8.34. The summed E-state index contributed by atoms with van der Waals surface area (Å²) < 4.78 is 5.16. The minimum atomic E-state index is -0.0199. The predicted octanol–water partition coefficient (Wildman–Crippen LogP) is 1.72. The summed E-state index contributed by atoms with van der Waals surface area (Å²) in [7, 11) is 0. The van der Waals surface area contributed by atoms with Crippen molar-refractivity contribution in [3.8, 4) is 17.2 Å². The highest BCUT2D eigenvalue weighted by atomic mass is 16.4. The second-order valence-electron chi connectivity index (χ2n) is 3.03. The van der Waals surface area contributed by atoms with E-state index in [1.165, 1.54) is 24.3 Å². The van der Waals surface area contributed by atoms with Gasteiger partial charge in [-0.05, 0) is 18.2 Å². The molecule has 80 valence electrons. The van der Waals surface area contributed by atoms with E-state index >= 15 is 0 Å². The fraction of sp³-hybridized carbons (Fsp3) is 0.100. The number of benzene rings is 1. The molecular weight excluding hydrogens is 210 g/mol. The van der Waals surface area contributed by atoms with E-state index in [0.29, 0.717) is 17.1 Å². The lowest BCUT2D eigenvalue weighted by molar-refractivity contribution is 0.471. The lowest BCUT2D eigenvalue weighted by Crippen LogP contribution is -1.79. The van der Waals surface area contributed by atoms with E-state index in [1.807, 2.05) is 0 Å². The Balaban J connectivity index is 2.54. The van der Waals surface area contributed by atoms with Crippen LogP contribution in [0.5, 0.6) is 5.75 Å². The number of aryl methyl sites for hydroxylation is 1. The first-order valence-electron chi connectivity index (χ1n) is 4.42. The summed E-state index contributed by atoms with van der Waals surface area (Å²) in [4.78, 5) is 13.5. The molecule has 0 atom stereocenters. The molecule has 16 heavy (non-hydrogen) atoms. The smallest absolute Gasteiger partial charge is 0.251 e. The number of nitrogens with zero attached hydrogens (tertiary/aromatic N) is 3. The summed E-state index contributed by atoms with van der Waals surface area (Å²) in [5, 5.41) is 17.0. The van der Waals surface area contributed by atoms with Crippen molar-refractivity contribution in [1.29, 1.82) is 0 Å². The maximum atomic E-state index is 10.1. The summed E-state index contributed by atoms with van der Waals surface area (Å²) in [6.45, 7) is 1.64. The molecule has 0 unspecified atom stereocenters. The molecule has 0 fully saturated rings. The van der Waals surface area contributed by atoms with Crippen molar-refractivity contribution in [2.24, 2.45) is 4.99 Å². The molecule has 6 nitrogen and oxygen atoms in total. The van der Waals surface area contributed by atoms with Gasteiger partial charge in [-0.15, -0.1) is 10.2 Å². The van der Waals surface area contributed by atoms with Gasteiger partial charge in [0.05, 0.1) is 11.3 Å². The standard InChI is InChI=1S/C10H7N3O3/c1-6-12-13-10(16-6)8-4-7(11-5-14)2-3-9(8)15/h2-4,15H,1H3. The molecule has 6 heteroatoms. The number of aromatic hydroxyl groups is 1. The van der Waals surface area contributed by atoms with Crippen LogP contribution in [0, 0.1) is 6.92 Å². The Kier molecular flexibility index (Phi) is 2.49. The van der Waals surface area contributed by atoms with E-state index in [1.54, 1.807) is 6.92 Å². The Morgan fingerprint density at radius 2 is 2.25 bits per heavy atom. The van der Waals surface area contributed by atoms with Gasteiger partial charge in [0.25, 0.3) is 5.89 Å². The first-order valence-corrected chi connectivity index (χ1v) is 4.42. The van der Waals surface area contributed by atoms with Crippen LogP contribution in [0.2, 0.25) is 0 Å². The molecule has 1 heterocycles. The Bertz CT molecular complexity index is 570. The lowest BCUT2D eigenvalue weighted by atomic mass is 10.2. The largest absolute Gasteiger partial charge is 0.507 e. The molecule has 0 saturated heterocycles. The van der Waals surface area contributed by atoms with Gasteiger partial charge in [0.15, 0.2) is 0 Å². The van der Waals surface area contributed by atoms with Crippen LogP contribution in [0.1, 0.15) is 5.89 Å². The Labute approximate surface area is 90.3 Å². The summed E-state index contributed by atoms with van der Waals surface area (Å²) >= 11 is 0. The fourth-order valence-corrected chi connectivity index (χ4v) is 1.22. The second-order valence-corrected chi connectivity index (χ2v) is 3.03. The van der Waals surface area contributed by atoms with Crippen LogP contribution < -0.4 is 0 Å². The summed E-state index contributed by atoms with van der Waals surface area (Å²) in [5.41, 5.74) is 0.691. The Morgan fingerprint density at radius 1 is 1.44 bits per heavy atom. The van der Waals surface area contributed by atoms with Gasteiger partial charge in [-0.3, -0.25) is 0 Å². The predicted molar refractivity (Wildman–Crippen MR) is 53.9 cm³/mol. The first kappa shape index (κ1) is 10.1. The van der Waals surface area contributed by atoms with Gasteiger partial charge < -0.3 is 9.52 Å². The van der Waals surface area contributed by atoms with Gasteiger partial charge in [0.1, 0.15) is 5.75 Å². The SMILES string of the molecule is Cc1nnc(-c2cc(N=C=O)ccc2O)o1. The van der Waals surface area contributed by atoms with Crippen LogP contribution in [0.25, 0.3) is 11.5 Å². The van der Waals surface area contributed by atoms with Crippen molar-refractivity contribution in [1.82, 2.24) is 10.2 Å². The van der Waals surface area contributed by atoms with Crippen molar-refractivity contribution in [3.05, 3.63) is 24.1 Å². The molecule has 0 aliphatic heterocycles. The third-order valence-electron chi connectivity index (χ3n) is 1.91. The number of phenols is 1. The molecule has 2 rings (SSSR count). The zero-order chi connectivity index (χ0) is 11.5. The summed E-state index contributed by atoms with van der Waals surface area (Å²) in [6.07, 6.45) is 1.41. The molecule has 0 radical (unpaired) electrons. The van der Waals surface area contributed by atoms with Gasteiger partial charge in [-0.2, -0.15) is 4.99 Å². The van der Waals surface area contributed by atoms with Crippen LogP contribution in [0.4, 0.5) is 5.69 Å². The van der Waals surface area contributed by atoms with Crippen molar-refractivity contribution >= 4 is 11.8 Å². The third kappa shape index (κ3) is 1.82. The molecule has 1 aromatic carbocycles. The molecule has 0 aliphatic rings. The Morgan fingerprint density at radius 3 is 2.88 bits per heavy atom. The number of phenolic OH excluding ortho intramolecular Hbond substituents is 1. The van der Waals surface area contributed by atoms with Crippen LogP contribution in [0.15, 0.2) is 27.6 Å². The van der Waals surface area contributed by atoms with Gasteiger partial charge in [-0.1, -0.05) is 0 Å². The van der Waals surface area contributed by atoms with Crippen molar-refractivity contribution in [2.75, 3.05) is 0 Å². The molecule has 2 aromatic rings. The maximum Gasteiger partial charge on any atom is 0.251 e. The van der Waals surface area contributed by atoms with Crippen LogP contribution in [0.3, 0.4) is 0 Å². The van der Waals surface area contributed by atoms with Crippen LogP contribution in [-0.2, 0) is 4.79 Å². The second kappa shape index (κ2) is 3.96. The first-order chi connectivity index (χ1) is 7.70.